The quantitative estimate of drug-likeness (QED) is 0.404. The molecule has 1 aromatic heterocycles. The fourth-order valence-corrected chi connectivity index (χ4v) is 4.76. The topological polar surface area (TPSA) is 48.5 Å². The number of hydrogen-bond acceptors (Lipinski definition) is 3. The first kappa shape index (κ1) is 23.6. The standard InChI is InChI=1S/C26H31F3N2O2/c1-26(2,29)16-31-11-10-19-18-8-4-5-9-22(18)30-24(19)25(31)23-20(27)14-17(15-21(23)28)33-13-7-3-6-12-32/h4-5,8-9,14-15,25,30,32H,3,6-7,10-13,16H2,1-2H3. The number of ether oxygens (including phenoxy) is 1. The van der Waals surface area contributed by atoms with E-state index < -0.39 is 23.3 Å². The predicted molar refractivity (Wildman–Crippen MR) is 123 cm³/mol. The second-order valence-corrected chi connectivity index (χ2v) is 9.34. The van der Waals surface area contributed by atoms with E-state index in [1.165, 1.54) is 26.0 Å². The van der Waals surface area contributed by atoms with Crippen molar-refractivity contribution in [3.8, 4) is 5.75 Å². The highest BCUT2D eigenvalue weighted by Gasteiger charge is 2.37. The number of rotatable bonds is 9. The van der Waals surface area contributed by atoms with Gasteiger partial charge in [0.05, 0.1) is 12.6 Å². The number of aromatic amines is 1. The van der Waals surface area contributed by atoms with E-state index in [1.54, 1.807) is 0 Å². The average Bonchev–Trinajstić information content (AvgIpc) is 3.12. The maximum absolute atomic E-state index is 15.4. The molecule has 0 bridgehead atoms. The molecular formula is C26H31F3N2O2. The van der Waals surface area contributed by atoms with Crippen molar-refractivity contribution in [2.24, 2.45) is 0 Å². The van der Waals surface area contributed by atoms with Crippen LogP contribution < -0.4 is 4.74 Å². The van der Waals surface area contributed by atoms with Crippen molar-refractivity contribution in [1.29, 1.82) is 0 Å². The van der Waals surface area contributed by atoms with Crippen LogP contribution >= 0.6 is 0 Å². The second-order valence-electron chi connectivity index (χ2n) is 9.34. The van der Waals surface area contributed by atoms with Crippen LogP contribution in [-0.4, -0.2) is 47.0 Å². The zero-order valence-corrected chi connectivity index (χ0v) is 19.1. The van der Waals surface area contributed by atoms with Gasteiger partial charge >= 0.3 is 0 Å². The van der Waals surface area contributed by atoms with Crippen LogP contribution in [0.15, 0.2) is 36.4 Å². The van der Waals surface area contributed by atoms with E-state index in [-0.39, 0.29) is 24.5 Å². The molecular weight excluding hydrogens is 429 g/mol. The predicted octanol–water partition coefficient (Wildman–Crippen LogP) is 5.68. The molecule has 0 saturated heterocycles. The molecule has 1 atom stereocenters. The number of aromatic nitrogens is 1. The Morgan fingerprint density at radius 2 is 1.85 bits per heavy atom. The molecule has 0 amide bonds. The Morgan fingerprint density at radius 1 is 1.12 bits per heavy atom. The molecule has 7 heteroatoms. The number of aliphatic hydroxyl groups excluding tert-OH is 1. The van der Waals surface area contributed by atoms with Crippen molar-refractivity contribution in [3.05, 3.63) is 64.9 Å². The van der Waals surface area contributed by atoms with Crippen LogP contribution in [-0.2, 0) is 6.42 Å². The average molecular weight is 461 g/mol. The van der Waals surface area contributed by atoms with Gasteiger partial charge in [-0.05, 0) is 51.2 Å². The van der Waals surface area contributed by atoms with Crippen molar-refractivity contribution in [2.45, 2.75) is 51.2 Å². The lowest BCUT2D eigenvalue weighted by atomic mass is 9.90. The molecule has 0 aliphatic carbocycles. The van der Waals surface area contributed by atoms with Crippen molar-refractivity contribution in [3.63, 3.8) is 0 Å². The van der Waals surface area contributed by atoms with E-state index in [2.05, 4.69) is 4.98 Å². The lowest BCUT2D eigenvalue weighted by Gasteiger charge is -2.38. The zero-order chi connectivity index (χ0) is 23.6. The Balaban J connectivity index is 1.71. The molecule has 2 N–H and O–H groups in total. The van der Waals surface area contributed by atoms with Crippen molar-refractivity contribution < 1.29 is 23.0 Å². The third kappa shape index (κ3) is 5.20. The van der Waals surface area contributed by atoms with Gasteiger partial charge < -0.3 is 14.8 Å². The summed E-state index contributed by atoms with van der Waals surface area (Å²) >= 11 is 0. The minimum atomic E-state index is -1.52. The van der Waals surface area contributed by atoms with E-state index >= 15 is 8.78 Å². The van der Waals surface area contributed by atoms with Gasteiger partial charge in [-0.15, -0.1) is 0 Å². The Bertz CT molecular complexity index is 1080. The summed E-state index contributed by atoms with van der Waals surface area (Å²) in [6, 6.07) is 9.44. The maximum Gasteiger partial charge on any atom is 0.135 e. The van der Waals surface area contributed by atoms with Crippen LogP contribution in [0.5, 0.6) is 5.75 Å². The monoisotopic (exact) mass is 460 g/mol. The summed E-state index contributed by atoms with van der Waals surface area (Å²) in [7, 11) is 0. The number of alkyl halides is 1. The van der Waals surface area contributed by atoms with Gasteiger partial charge in [0, 0.05) is 54.0 Å². The summed E-state index contributed by atoms with van der Waals surface area (Å²) < 4.78 is 51.0. The number of nitrogens with one attached hydrogen (secondary N) is 1. The molecule has 4 nitrogen and oxygen atoms in total. The number of unbranched alkanes of at least 4 members (excludes halogenated alkanes) is 2. The smallest absolute Gasteiger partial charge is 0.135 e. The number of halogens is 3. The number of benzene rings is 2. The lowest BCUT2D eigenvalue weighted by Crippen LogP contribution is -2.43. The van der Waals surface area contributed by atoms with Gasteiger partial charge in [-0.3, -0.25) is 4.90 Å². The van der Waals surface area contributed by atoms with E-state index in [9.17, 15) is 4.39 Å². The number of hydrogen-bond donors (Lipinski definition) is 2. The largest absolute Gasteiger partial charge is 0.493 e. The summed E-state index contributed by atoms with van der Waals surface area (Å²) in [6.07, 6.45) is 2.80. The molecule has 0 saturated carbocycles. The van der Waals surface area contributed by atoms with Crippen molar-refractivity contribution in [1.82, 2.24) is 9.88 Å². The van der Waals surface area contributed by atoms with Gasteiger partial charge in [0.2, 0.25) is 0 Å². The molecule has 0 fully saturated rings. The minimum Gasteiger partial charge on any atom is -0.493 e. The summed E-state index contributed by atoms with van der Waals surface area (Å²) in [6.45, 7) is 3.93. The van der Waals surface area contributed by atoms with Gasteiger partial charge in [-0.1, -0.05) is 18.2 Å². The summed E-state index contributed by atoms with van der Waals surface area (Å²) in [5, 5.41) is 9.88. The van der Waals surface area contributed by atoms with E-state index in [0.717, 1.165) is 22.9 Å². The fourth-order valence-electron chi connectivity index (χ4n) is 4.76. The first-order chi connectivity index (χ1) is 15.8. The van der Waals surface area contributed by atoms with Crippen LogP contribution in [0.4, 0.5) is 13.2 Å². The Labute approximate surface area is 192 Å². The van der Waals surface area contributed by atoms with E-state index in [0.29, 0.717) is 38.1 Å². The SMILES string of the molecule is CC(C)(F)CN1CCc2c([nH]c3ccccc23)C1c1c(F)cc(OCCCCCO)cc1F. The number of aliphatic hydroxyl groups is 1. The van der Waals surface area contributed by atoms with Crippen molar-refractivity contribution in [2.75, 3.05) is 26.3 Å². The Morgan fingerprint density at radius 3 is 2.55 bits per heavy atom. The summed E-state index contributed by atoms with van der Waals surface area (Å²) in [5.74, 6) is -1.29. The Kier molecular flexibility index (Phi) is 7.00. The van der Waals surface area contributed by atoms with Crippen LogP contribution in [0, 0.1) is 11.6 Å². The molecule has 0 spiro atoms. The van der Waals surface area contributed by atoms with Gasteiger partial charge in [0.25, 0.3) is 0 Å². The molecule has 0 radical (unpaired) electrons. The first-order valence-electron chi connectivity index (χ1n) is 11.5. The molecule has 1 aliphatic rings. The molecule has 4 rings (SSSR count). The summed E-state index contributed by atoms with van der Waals surface area (Å²) in [5.41, 5.74) is 1.01. The van der Waals surface area contributed by atoms with Crippen LogP contribution in [0.25, 0.3) is 10.9 Å². The molecule has 2 aromatic carbocycles. The highest BCUT2D eigenvalue weighted by molar-refractivity contribution is 5.85. The highest BCUT2D eigenvalue weighted by atomic mass is 19.1. The third-order valence-electron chi connectivity index (χ3n) is 6.11. The summed E-state index contributed by atoms with van der Waals surface area (Å²) in [4.78, 5) is 5.17. The lowest BCUT2D eigenvalue weighted by molar-refractivity contribution is 0.0962. The molecule has 1 aliphatic heterocycles. The number of para-hydroxylation sites is 1. The van der Waals surface area contributed by atoms with Crippen LogP contribution in [0.2, 0.25) is 0 Å². The maximum atomic E-state index is 15.4. The molecule has 33 heavy (non-hydrogen) atoms. The fraction of sp³-hybridized carbons (Fsp3) is 0.462. The van der Waals surface area contributed by atoms with Gasteiger partial charge in [-0.2, -0.15) is 0 Å². The van der Waals surface area contributed by atoms with E-state index in [4.69, 9.17) is 9.84 Å². The van der Waals surface area contributed by atoms with Crippen molar-refractivity contribution >= 4 is 10.9 Å². The van der Waals surface area contributed by atoms with Gasteiger partial charge in [-0.25, -0.2) is 13.2 Å². The minimum absolute atomic E-state index is 0.0501. The van der Waals surface area contributed by atoms with Crippen LogP contribution in [0.3, 0.4) is 0 Å². The highest BCUT2D eigenvalue weighted by Crippen LogP contribution is 2.41. The first-order valence-corrected chi connectivity index (χ1v) is 11.5. The number of nitrogens with zero attached hydrogens (tertiary/aromatic N) is 1. The Hall–Kier alpha value is -2.51. The third-order valence-corrected chi connectivity index (χ3v) is 6.11. The van der Waals surface area contributed by atoms with Gasteiger partial charge in [0.1, 0.15) is 23.1 Å². The molecule has 1 unspecified atom stereocenters. The van der Waals surface area contributed by atoms with Crippen LogP contribution in [0.1, 0.15) is 56.0 Å². The zero-order valence-electron chi connectivity index (χ0n) is 19.1. The molecule has 2 heterocycles. The molecule has 3 aromatic rings. The normalized spacial score (nSPS) is 16.8. The number of H-pyrrole nitrogens is 1. The second kappa shape index (κ2) is 9.77. The number of fused-ring (bicyclic) bond motifs is 3. The molecule has 178 valence electrons. The van der Waals surface area contributed by atoms with Gasteiger partial charge in [0.15, 0.2) is 0 Å². The van der Waals surface area contributed by atoms with E-state index in [1.807, 2.05) is 29.2 Å².